The molecule has 0 aromatic heterocycles. The van der Waals surface area contributed by atoms with Crippen molar-refractivity contribution in [3.8, 4) is 0 Å². The second-order valence-electron chi connectivity index (χ2n) is 5.55. The number of benzene rings is 1. The number of hydrogen-bond acceptors (Lipinski definition) is 3. The molecule has 1 atom stereocenters. The van der Waals surface area contributed by atoms with Gasteiger partial charge in [-0.2, -0.15) is 13.2 Å². The maximum Gasteiger partial charge on any atom is 0.418 e. The van der Waals surface area contributed by atoms with Gasteiger partial charge in [-0.25, -0.2) is 0 Å². The highest BCUT2D eigenvalue weighted by Gasteiger charge is 2.34. The van der Waals surface area contributed by atoms with Crippen LogP contribution in [0.15, 0.2) is 24.3 Å². The fraction of sp³-hybridized carbons (Fsp3) is 0.533. The summed E-state index contributed by atoms with van der Waals surface area (Å²) in [5, 5.41) is 2.41. The third kappa shape index (κ3) is 3.98. The molecular formula is C15H20F3N3O. The minimum atomic E-state index is -4.49. The van der Waals surface area contributed by atoms with E-state index in [1.54, 1.807) is 6.92 Å². The van der Waals surface area contributed by atoms with Crippen molar-refractivity contribution >= 4 is 11.6 Å². The summed E-state index contributed by atoms with van der Waals surface area (Å²) in [5.74, 6) is -0.416. The Morgan fingerprint density at radius 1 is 1.18 bits per heavy atom. The van der Waals surface area contributed by atoms with Crippen molar-refractivity contribution in [2.24, 2.45) is 0 Å². The lowest BCUT2D eigenvalue weighted by atomic mass is 10.1. The van der Waals surface area contributed by atoms with Gasteiger partial charge in [0.05, 0.1) is 17.3 Å². The van der Waals surface area contributed by atoms with Gasteiger partial charge in [0.25, 0.3) is 0 Å². The highest BCUT2D eigenvalue weighted by atomic mass is 19.4. The number of piperazine rings is 1. The number of nitrogens with zero attached hydrogens (tertiary/aromatic N) is 2. The molecule has 0 bridgehead atoms. The maximum absolute atomic E-state index is 12.9. The van der Waals surface area contributed by atoms with Gasteiger partial charge < -0.3 is 10.2 Å². The number of likely N-dealkylation sites (N-methyl/N-ethyl adjacent to an activating group) is 1. The summed E-state index contributed by atoms with van der Waals surface area (Å²) in [7, 11) is 2.00. The maximum atomic E-state index is 12.9. The number of hydrogen-bond donors (Lipinski definition) is 1. The van der Waals surface area contributed by atoms with Crippen LogP contribution < -0.4 is 5.32 Å². The molecule has 22 heavy (non-hydrogen) atoms. The van der Waals surface area contributed by atoms with Crippen molar-refractivity contribution in [2.45, 2.75) is 19.1 Å². The molecule has 1 aromatic rings. The molecular weight excluding hydrogens is 295 g/mol. The van der Waals surface area contributed by atoms with Crippen molar-refractivity contribution in [3.63, 3.8) is 0 Å². The Kier molecular flexibility index (Phi) is 5.08. The predicted molar refractivity (Wildman–Crippen MR) is 78.6 cm³/mol. The highest BCUT2D eigenvalue weighted by Crippen LogP contribution is 2.34. The molecule has 0 radical (unpaired) electrons. The second kappa shape index (κ2) is 6.66. The van der Waals surface area contributed by atoms with Gasteiger partial charge in [-0.05, 0) is 26.1 Å². The van der Waals surface area contributed by atoms with Crippen molar-refractivity contribution in [2.75, 3.05) is 38.5 Å². The van der Waals surface area contributed by atoms with Crippen LogP contribution in [0.2, 0.25) is 0 Å². The zero-order chi connectivity index (χ0) is 16.3. The van der Waals surface area contributed by atoms with Crippen molar-refractivity contribution < 1.29 is 18.0 Å². The van der Waals surface area contributed by atoms with Gasteiger partial charge in [-0.1, -0.05) is 12.1 Å². The molecule has 1 saturated heterocycles. The number of carbonyl (C=O) groups excluding carboxylic acids is 1. The molecule has 1 fully saturated rings. The Hall–Kier alpha value is -1.60. The monoisotopic (exact) mass is 315 g/mol. The highest BCUT2D eigenvalue weighted by molar-refractivity contribution is 5.95. The van der Waals surface area contributed by atoms with E-state index in [4.69, 9.17) is 0 Å². The van der Waals surface area contributed by atoms with E-state index >= 15 is 0 Å². The Labute approximate surface area is 127 Å². The first kappa shape index (κ1) is 16.8. The van der Waals surface area contributed by atoms with Crippen LogP contribution in [0.5, 0.6) is 0 Å². The average Bonchev–Trinajstić information content (AvgIpc) is 2.46. The van der Waals surface area contributed by atoms with E-state index in [-0.39, 0.29) is 5.69 Å². The number of alkyl halides is 3. The average molecular weight is 315 g/mol. The number of carbonyl (C=O) groups is 1. The van der Waals surface area contributed by atoms with Crippen LogP contribution in [0.4, 0.5) is 18.9 Å². The molecule has 1 amide bonds. The smallest absolute Gasteiger partial charge is 0.324 e. The van der Waals surface area contributed by atoms with Crippen LogP contribution in [0.3, 0.4) is 0 Å². The summed E-state index contributed by atoms with van der Waals surface area (Å²) in [4.78, 5) is 16.4. The first-order valence-electron chi connectivity index (χ1n) is 7.18. The fourth-order valence-corrected chi connectivity index (χ4v) is 2.45. The lowest BCUT2D eigenvalue weighted by Crippen LogP contribution is -2.51. The number of halogens is 3. The second-order valence-corrected chi connectivity index (χ2v) is 5.55. The third-order valence-electron chi connectivity index (χ3n) is 3.96. The molecule has 0 saturated carbocycles. The number of rotatable bonds is 3. The molecule has 0 aliphatic carbocycles. The normalized spacial score (nSPS) is 19.0. The van der Waals surface area contributed by atoms with Gasteiger partial charge in [-0.3, -0.25) is 9.69 Å². The summed E-state index contributed by atoms with van der Waals surface area (Å²) in [6.45, 7) is 4.86. The molecule has 1 aliphatic rings. The van der Waals surface area contributed by atoms with Crippen molar-refractivity contribution in [1.82, 2.24) is 9.80 Å². The third-order valence-corrected chi connectivity index (χ3v) is 3.96. The van der Waals surface area contributed by atoms with Crippen molar-refractivity contribution in [3.05, 3.63) is 29.8 Å². The summed E-state index contributed by atoms with van der Waals surface area (Å²) in [6.07, 6.45) is -4.49. The molecule has 0 spiro atoms. The molecule has 1 aromatic carbocycles. The number of para-hydroxylation sites is 1. The van der Waals surface area contributed by atoms with Gasteiger partial charge in [0.2, 0.25) is 5.91 Å². The van der Waals surface area contributed by atoms with E-state index in [0.717, 1.165) is 32.2 Å². The van der Waals surface area contributed by atoms with E-state index in [0.29, 0.717) is 0 Å². The van der Waals surface area contributed by atoms with Gasteiger partial charge in [0.1, 0.15) is 0 Å². The first-order chi connectivity index (χ1) is 10.3. The van der Waals surface area contributed by atoms with E-state index in [1.807, 2.05) is 11.9 Å². The van der Waals surface area contributed by atoms with Crippen LogP contribution >= 0.6 is 0 Å². The van der Waals surface area contributed by atoms with Crippen LogP contribution in [0, 0.1) is 0 Å². The summed E-state index contributed by atoms with van der Waals surface area (Å²) < 4.78 is 38.8. The Bertz CT molecular complexity index is 525. The van der Waals surface area contributed by atoms with Gasteiger partial charge in [-0.15, -0.1) is 0 Å². The lowest BCUT2D eigenvalue weighted by Gasteiger charge is -2.35. The minimum Gasteiger partial charge on any atom is -0.324 e. The molecule has 1 heterocycles. The Morgan fingerprint density at radius 3 is 2.36 bits per heavy atom. The number of nitrogens with one attached hydrogen (secondary N) is 1. The van der Waals surface area contributed by atoms with Crippen LogP contribution in [-0.2, 0) is 11.0 Å². The molecule has 2 rings (SSSR count). The quantitative estimate of drug-likeness (QED) is 0.929. The fourth-order valence-electron chi connectivity index (χ4n) is 2.45. The predicted octanol–water partition coefficient (Wildman–Crippen LogP) is 2.28. The van der Waals surface area contributed by atoms with E-state index in [1.165, 1.54) is 18.2 Å². The van der Waals surface area contributed by atoms with E-state index in [2.05, 4.69) is 10.2 Å². The molecule has 1 aliphatic heterocycles. The molecule has 0 unspecified atom stereocenters. The van der Waals surface area contributed by atoms with Crippen LogP contribution in [-0.4, -0.2) is 55.0 Å². The Morgan fingerprint density at radius 2 is 1.77 bits per heavy atom. The zero-order valence-corrected chi connectivity index (χ0v) is 12.7. The lowest BCUT2D eigenvalue weighted by molar-refractivity contribution is -0.137. The minimum absolute atomic E-state index is 0.194. The van der Waals surface area contributed by atoms with Crippen molar-refractivity contribution in [1.29, 1.82) is 0 Å². The molecule has 7 heteroatoms. The molecule has 122 valence electrons. The van der Waals surface area contributed by atoms with E-state index < -0.39 is 23.7 Å². The topological polar surface area (TPSA) is 35.6 Å². The Balaban J connectivity index is 2.06. The van der Waals surface area contributed by atoms with Gasteiger partial charge in [0, 0.05) is 26.2 Å². The zero-order valence-electron chi connectivity index (χ0n) is 12.7. The van der Waals surface area contributed by atoms with Gasteiger partial charge >= 0.3 is 6.18 Å². The summed E-state index contributed by atoms with van der Waals surface area (Å²) >= 11 is 0. The van der Waals surface area contributed by atoms with E-state index in [9.17, 15) is 18.0 Å². The largest absolute Gasteiger partial charge is 0.418 e. The summed E-state index contributed by atoms with van der Waals surface area (Å²) in [5.41, 5.74) is -1.02. The number of amides is 1. The van der Waals surface area contributed by atoms with Crippen LogP contribution in [0.1, 0.15) is 12.5 Å². The molecule has 4 nitrogen and oxygen atoms in total. The molecule has 1 N–H and O–H groups in total. The van der Waals surface area contributed by atoms with Gasteiger partial charge in [0.15, 0.2) is 0 Å². The van der Waals surface area contributed by atoms with Crippen LogP contribution in [0.25, 0.3) is 0 Å². The SMILES string of the molecule is C[C@@H](C(=O)Nc1ccccc1C(F)(F)F)N1CCN(C)CC1. The number of anilines is 1. The first-order valence-corrected chi connectivity index (χ1v) is 7.18. The standard InChI is InChI=1S/C15H20F3N3O/c1-11(21-9-7-20(2)8-10-21)14(22)19-13-6-4-3-5-12(13)15(16,17)18/h3-6,11H,7-10H2,1-2H3,(H,19,22)/t11-/m0/s1. The summed E-state index contributed by atoms with van der Waals surface area (Å²) in [6, 6.07) is 4.57.